The number of fused-ring (bicyclic) bond motifs is 5. The van der Waals surface area contributed by atoms with E-state index < -0.39 is 11.7 Å². The van der Waals surface area contributed by atoms with Crippen molar-refractivity contribution in [1.82, 2.24) is 14.0 Å². The number of aromatic nitrogens is 3. The zero-order chi connectivity index (χ0) is 24.0. The molecule has 0 fully saturated rings. The number of rotatable bonds is 5. The molecule has 0 N–H and O–H groups in total. The Labute approximate surface area is 200 Å². The van der Waals surface area contributed by atoms with Gasteiger partial charge in [-0.15, -0.1) is 0 Å². The summed E-state index contributed by atoms with van der Waals surface area (Å²) in [5.41, 5.74) is 4.94. The Morgan fingerprint density at radius 1 is 0.771 bits per heavy atom. The van der Waals surface area contributed by atoms with E-state index in [4.69, 9.17) is 4.98 Å². The predicted molar refractivity (Wildman–Crippen MR) is 133 cm³/mol. The van der Waals surface area contributed by atoms with Crippen molar-refractivity contribution < 1.29 is 13.2 Å². The number of aryl methyl sites for hydroxylation is 2. The molecule has 0 aliphatic carbocycles. The van der Waals surface area contributed by atoms with Crippen LogP contribution in [0, 0.1) is 0 Å². The van der Waals surface area contributed by atoms with Crippen molar-refractivity contribution in [3.8, 4) is 11.3 Å². The van der Waals surface area contributed by atoms with E-state index in [0.29, 0.717) is 11.3 Å². The highest BCUT2D eigenvalue weighted by atomic mass is 19.4. The van der Waals surface area contributed by atoms with E-state index in [9.17, 15) is 13.2 Å². The minimum atomic E-state index is -4.36. The van der Waals surface area contributed by atoms with Gasteiger partial charge in [-0.3, -0.25) is 0 Å². The number of benzene rings is 3. The van der Waals surface area contributed by atoms with Gasteiger partial charge < -0.3 is 8.97 Å². The monoisotopic (exact) mass is 469 g/mol. The summed E-state index contributed by atoms with van der Waals surface area (Å²) in [6, 6.07) is 26.1. The van der Waals surface area contributed by atoms with Gasteiger partial charge in [0, 0.05) is 40.8 Å². The Morgan fingerprint density at radius 3 is 2.29 bits per heavy atom. The van der Waals surface area contributed by atoms with Crippen molar-refractivity contribution in [2.75, 3.05) is 0 Å². The standard InChI is InChI=1S/C29H22F3N3/c30-29(31,32)22-14-12-21(13-15-22)25-19-34-18-16-24-23-10-4-5-11-26(23)35(27(24)28(34)33-25)17-6-9-20-7-2-1-3-8-20/h1-5,7-8,10-16,18-19H,6,9,17H2. The number of pyridine rings is 1. The van der Waals surface area contributed by atoms with Gasteiger partial charge in [0.15, 0.2) is 5.65 Å². The van der Waals surface area contributed by atoms with Crippen molar-refractivity contribution in [2.24, 2.45) is 0 Å². The molecule has 174 valence electrons. The molecule has 6 aromatic rings. The molecule has 6 rings (SSSR count). The first kappa shape index (κ1) is 21.5. The Kier molecular flexibility index (Phi) is 5.10. The summed E-state index contributed by atoms with van der Waals surface area (Å²) in [5.74, 6) is 0. The maximum absolute atomic E-state index is 13.0. The molecule has 0 saturated heterocycles. The second kappa shape index (κ2) is 8.31. The average Bonchev–Trinajstić information content (AvgIpc) is 3.44. The lowest BCUT2D eigenvalue weighted by Crippen LogP contribution is -2.03. The van der Waals surface area contributed by atoms with Crippen LogP contribution in [0.5, 0.6) is 0 Å². The summed E-state index contributed by atoms with van der Waals surface area (Å²) in [6.07, 6.45) is 1.45. The van der Waals surface area contributed by atoms with Gasteiger partial charge in [0.2, 0.25) is 0 Å². The zero-order valence-electron chi connectivity index (χ0n) is 18.8. The van der Waals surface area contributed by atoms with Crippen molar-refractivity contribution in [3.63, 3.8) is 0 Å². The highest BCUT2D eigenvalue weighted by Gasteiger charge is 2.30. The van der Waals surface area contributed by atoms with E-state index >= 15 is 0 Å². The van der Waals surface area contributed by atoms with Crippen LogP contribution in [0.1, 0.15) is 17.5 Å². The Balaban J connectivity index is 1.45. The van der Waals surface area contributed by atoms with Gasteiger partial charge in [-0.05, 0) is 42.7 Å². The van der Waals surface area contributed by atoms with Gasteiger partial charge >= 0.3 is 6.18 Å². The maximum Gasteiger partial charge on any atom is 0.416 e. The number of hydrogen-bond acceptors (Lipinski definition) is 1. The number of hydrogen-bond donors (Lipinski definition) is 0. The summed E-state index contributed by atoms with van der Waals surface area (Å²) in [5, 5.41) is 2.29. The van der Waals surface area contributed by atoms with Crippen LogP contribution in [-0.4, -0.2) is 14.0 Å². The van der Waals surface area contributed by atoms with Gasteiger partial charge in [-0.2, -0.15) is 13.2 Å². The van der Waals surface area contributed by atoms with Crippen LogP contribution >= 0.6 is 0 Å². The van der Waals surface area contributed by atoms with Gasteiger partial charge in [0.05, 0.1) is 16.8 Å². The molecule has 0 bridgehead atoms. The number of imidazole rings is 1. The molecular formula is C29H22F3N3. The molecule has 6 heteroatoms. The summed E-state index contributed by atoms with van der Waals surface area (Å²) in [7, 11) is 0. The second-order valence-corrected chi connectivity index (χ2v) is 8.77. The fraction of sp³-hybridized carbons (Fsp3) is 0.138. The Morgan fingerprint density at radius 2 is 1.51 bits per heavy atom. The largest absolute Gasteiger partial charge is 0.416 e. The maximum atomic E-state index is 13.0. The number of para-hydroxylation sites is 1. The van der Waals surface area contributed by atoms with Gasteiger partial charge in [0.1, 0.15) is 0 Å². The molecule has 0 radical (unpaired) electrons. The van der Waals surface area contributed by atoms with Crippen molar-refractivity contribution in [3.05, 3.63) is 108 Å². The Bertz CT molecular complexity index is 1640. The fourth-order valence-corrected chi connectivity index (χ4v) is 4.86. The molecule has 0 spiro atoms. The summed E-state index contributed by atoms with van der Waals surface area (Å²) >= 11 is 0. The number of halogens is 3. The molecule has 35 heavy (non-hydrogen) atoms. The summed E-state index contributed by atoms with van der Waals surface area (Å²) in [4.78, 5) is 4.89. The van der Waals surface area contributed by atoms with E-state index in [1.54, 1.807) is 0 Å². The molecule has 0 unspecified atom stereocenters. The van der Waals surface area contributed by atoms with Crippen LogP contribution < -0.4 is 0 Å². The second-order valence-electron chi connectivity index (χ2n) is 8.77. The zero-order valence-corrected chi connectivity index (χ0v) is 18.8. The molecule has 3 nitrogen and oxygen atoms in total. The molecule has 0 atom stereocenters. The molecule has 3 aromatic heterocycles. The van der Waals surface area contributed by atoms with E-state index in [-0.39, 0.29) is 0 Å². The molecule has 0 aliphatic rings. The van der Waals surface area contributed by atoms with Crippen LogP contribution in [-0.2, 0) is 19.1 Å². The number of nitrogens with zero attached hydrogens (tertiary/aromatic N) is 3. The molecule has 3 heterocycles. The average molecular weight is 470 g/mol. The fourth-order valence-electron chi connectivity index (χ4n) is 4.86. The minimum absolute atomic E-state index is 0.646. The van der Waals surface area contributed by atoms with Crippen LogP contribution in [0.25, 0.3) is 38.7 Å². The topological polar surface area (TPSA) is 22.2 Å². The van der Waals surface area contributed by atoms with Crippen molar-refractivity contribution in [1.29, 1.82) is 0 Å². The predicted octanol–water partition coefficient (Wildman–Crippen LogP) is 7.76. The third-order valence-corrected chi connectivity index (χ3v) is 6.55. The molecule has 0 amide bonds. The summed E-state index contributed by atoms with van der Waals surface area (Å²) < 4.78 is 43.3. The smallest absolute Gasteiger partial charge is 0.337 e. The van der Waals surface area contributed by atoms with E-state index in [0.717, 1.165) is 53.6 Å². The van der Waals surface area contributed by atoms with Gasteiger partial charge in [-0.1, -0.05) is 60.7 Å². The van der Waals surface area contributed by atoms with Crippen molar-refractivity contribution >= 4 is 27.5 Å². The van der Waals surface area contributed by atoms with Crippen molar-refractivity contribution in [2.45, 2.75) is 25.6 Å². The first-order valence-corrected chi connectivity index (χ1v) is 11.6. The molecular weight excluding hydrogens is 447 g/mol. The van der Waals surface area contributed by atoms with Crippen LogP contribution in [0.4, 0.5) is 13.2 Å². The normalized spacial score (nSPS) is 12.2. The first-order chi connectivity index (χ1) is 17.0. The highest BCUT2D eigenvalue weighted by Crippen LogP contribution is 2.34. The first-order valence-electron chi connectivity index (χ1n) is 11.6. The Hall–Kier alpha value is -4.06. The van der Waals surface area contributed by atoms with E-state index in [1.165, 1.54) is 23.1 Å². The minimum Gasteiger partial charge on any atom is -0.337 e. The lowest BCUT2D eigenvalue weighted by molar-refractivity contribution is -0.137. The SMILES string of the molecule is FC(F)(F)c1ccc(-c2cn3ccc4c5ccccc5n(CCCc5ccccc5)c4c3n2)cc1. The van der Waals surface area contributed by atoms with Crippen LogP contribution in [0.3, 0.4) is 0 Å². The van der Waals surface area contributed by atoms with Crippen LogP contribution in [0.2, 0.25) is 0 Å². The highest BCUT2D eigenvalue weighted by molar-refractivity contribution is 6.12. The quantitative estimate of drug-likeness (QED) is 0.253. The molecule has 0 saturated carbocycles. The van der Waals surface area contributed by atoms with Crippen LogP contribution in [0.15, 0.2) is 97.3 Å². The van der Waals surface area contributed by atoms with E-state index in [2.05, 4.69) is 47.0 Å². The third-order valence-electron chi connectivity index (χ3n) is 6.55. The summed E-state index contributed by atoms with van der Waals surface area (Å²) in [6.45, 7) is 0.834. The molecule has 0 aliphatic heterocycles. The lowest BCUT2D eigenvalue weighted by atomic mass is 10.1. The lowest BCUT2D eigenvalue weighted by Gasteiger charge is -2.08. The molecule has 3 aromatic carbocycles. The number of alkyl halides is 3. The van der Waals surface area contributed by atoms with E-state index in [1.807, 2.05) is 35.0 Å². The van der Waals surface area contributed by atoms with Gasteiger partial charge in [0.25, 0.3) is 0 Å². The van der Waals surface area contributed by atoms with Gasteiger partial charge in [-0.25, -0.2) is 4.98 Å². The third kappa shape index (κ3) is 3.85.